The first-order valence-electron chi connectivity index (χ1n) is 7.79. The summed E-state index contributed by atoms with van der Waals surface area (Å²) in [4.78, 5) is 16.7. The number of thiazole rings is 1. The summed E-state index contributed by atoms with van der Waals surface area (Å²) in [6.07, 6.45) is 0.763. The molecule has 3 aromatic rings. The molecule has 0 fully saturated rings. The van der Waals surface area contributed by atoms with Crippen molar-refractivity contribution < 1.29 is 4.42 Å². The Morgan fingerprint density at radius 1 is 1.42 bits per heavy atom. The normalized spacial score (nSPS) is 12.2. The number of nitrogens with zero attached hydrogens (tertiary/aromatic N) is 1. The number of rotatable bonds is 6. The van der Waals surface area contributed by atoms with E-state index in [9.17, 15) is 4.79 Å². The molecule has 0 aliphatic rings. The van der Waals surface area contributed by atoms with Crippen LogP contribution in [0.25, 0.3) is 22.2 Å². The lowest BCUT2D eigenvalue weighted by molar-refractivity contribution is 0.563. The van der Waals surface area contributed by atoms with Crippen LogP contribution in [-0.2, 0) is 0 Å². The van der Waals surface area contributed by atoms with Crippen LogP contribution in [0, 0.1) is 11.3 Å². The van der Waals surface area contributed by atoms with Crippen LogP contribution in [0.15, 0.2) is 44.9 Å². The van der Waals surface area contributed by atoms with Gasteiger partial charge in [-0.05, 0) is 31.4 Å². The third kappa shape index (κ3) is 3.71. The van der Waals surface area contributed by atoms with Crippen molar-refractivity contribution in [1.82, 2.24) is 4.98 Å². The molecule has 0 saturated carbocycles. The molecule has 2 heterocycles. The van der Waals surface area contributed by atoms with Crippen LogP contribution < -0.4 is 10.9 Å². The van der Waals surface area contributed by atoms with E-state index in [1.807, 2.05) is 36.6 Å². The maximum absolute atomic E-state index is 12.2. The van der Waals surface area contributed by atoms with Crippen molar-refractivity contribution in [3.05, 3.63) is 46.1 Å². The Hall–Kier alpha value is -2.47. The molecular weight excluding hydrogens is 322 g/mol. The molecule has 0 radical (unpaired) electrons. The van der Waals surface area contributed by atoms with Gasteiger partial charge in [0, 0.05) is 23.0 Å². The lowest BCUT2D eigenvalue weighted by Gasteiger charge is -2.10. The van der Waals surface area contributed by atoms with Crippen LogP contribution in [-0.4, -0.2) is 17.2 Å². The number of nitrogens with one attached hydrogen (secondary N) is 2. The van der Waals surface area contributed by atoms with Gasteiger partial charge in [0.2, 0.25) is 0 Å². The molecule has 1 aromatic carbocycles. The summed E-state index contributed by atoms with van der Waals surface area (Å²) >= 11 is 1.46. The third-order valence-electron chi connectivity index (χ3n) is 3.68. The van der Waals surface area contributed by atoms with E-state index >= 15 is 0 Å². The SMILES string of the molecule is CC(=N)CC(C)CNc1nc(-c2cc3ccccc3oc2=O)cs1. The molecule has 0 spiro atoms. The molecule has 124 valence electrons. The molecule has 1 unspecified atom stereocenters. The van der Waals surface area contributed by atoms with Crippen molar-refractivity contribution in [2.24, 2.45) is 5.92 Å². The summed E-state index contributed by atoms with van der Waals surface area (Å²) < 4.78 is 5.36. The standard InChI is InChI=1S/C18H19N3O2S/c1-11(7-12(2)19)9-20-18-21-15(10-24-18)14-8-13-5-3-4-6-16(13)23-17(14)22/h3-6,8,10-11,19H,7,9H2,1-2H3,(H,20,21). The molecule has 0 aliphatic carbocycles. The summed E-state index contributed by atoms with van der Waals surface area (Å²) in [7, 11) is 0. The summed E-state index contributed by atoms with van der Waals surface area (Å²) in [5.41, 5.74) is 1.98. The fraction of sp³-hybridized carbons (Fsp3) is 0.278. The molecule has 0 aliphatic heterocycles. The van der Waals surface area contributed by atoms with E-state index in [0.29, 0.717) is 28.5 Å². The van der Waals surface area contributed by atoms with Crippen molar-refractivity contribution in [2.45, 2.75) is 20.3 Å². The van der Waals surface area contributed by atoms with Crippen molar-refractivity contribution in [1.29, 1.82) is 5.41 Å². The number of aromatic nitrogens is 1. The monoisotopic (exact) mass is 341 g/mol. The van der Waals surface area contributed by atoms with Gasteiger partial charge in [0.25, 0.3) is 0 Å². The number of hydrogen-bond acceptors (Lipinski definition) is 6. The van der Waals surface area contributed by atoms with Crippen LogP contribution in [0.1, 0.15) is 20.3 Å². The Morgan fingerprint density at radius 3 is 3.00 bits per heavy atom. The van der Waals surface area contributed by atoms with Gasteiger partial charge in [-0.2, -0.15) is 0 Å². The largest absolute Gasteiger partial charge is 0.422 e. The second-order valence-corrected chi connectivity index (χ2v) is 6.85. The average Bonchev–Trinajstić information content (AvgIpc) is 3.00. The van der Waals surface area contributed by atoms with Gasteiger partial charge < -0.3 is 15.1 Å². The highest BCUT2D eigenvalue weighted by molar-refractivity contribution is 7.14. The van der Waals surface area contributed by atoms with E-state index in [-0.39, 0.29) is 5.63 Å². The highest BCUT2D eigenvalue weighted by Crippen LogP contribution is 2.25. The van der Waals surface area contributed by atoms with E-state index in [0.717, 1.165) is 23.5 Å². The minimum absolute atomic E-state index is 0.362. The predicted molar refractivity (Wildman–Crippen MR) is 99.3 cm³/mol. The number of benzene rings is 1. The molecule has 24 heavy (non-hydrogen) atoms. The van der Waals surface area contributed by atoms with Gasteiger partial charge >= 0.3 is 5.63 Å². The van der Waals surface area contributed by atoms with Crippen molar-refractivity contribution in [3.8, 4) is 11.3 Å². The highest BCUT2D eigenvalue weighted by Gasteiger charge is 2.12. The summed E-state index contributed by atoms with van der Waals surface area (Å²) in [5, 5.41) is 14.3. The molecule has 0 amide bonds. The molecule has 2 aromatic heterocycles. The first-order chi connectivity index (χ1) is 11.5. The lowest BCUT2D eigenvalue weighted by Crippen LogP contribution is -2.13. The van der Waals surface area contributed by atoms with Crippen molar-refractivity contribution in [2.75, 3.05) is 11.9 Å². The van der Waals surface area contributed by atoms with Gasteiger partial charge in [0.15, 0.2) is 5.13 Å². The summed E-state index contributed by atoms with van der Waals surface area (Å²) in [6.45, 7) is 4.66. The quantitative estimate of drug-likeness (QED) is 0.515. The number of anilines is 1. The smallest absolute Gasteiger partial charge is 0.345 e. The zero-order valence-electron chi connectivity index (χ0n) is 13.6. The van der Waals surface area contributed by atoms with Gasteiger partial charge in [-0.15, -0.1) is 11.3 Å². The summed E-state index contributed by atoms with van der Waals surface area (Å²) in [5.74, 6) is 0.362. The van der Waals surface area contributed by atoms with Gasteiger partial charge in [0.1, 0.15) is 5.58 Å². The molecule has 0 saturated heterocycles. The van der Waals surface area contributed by atoms with Gasteiger partial charge in [-0.25, -0.2) is 9.78 Å². The van der Waals surface area contributed by atoms with Crippen LogP contribution in [0.5, 0.6) is 0 Å². The number of fused-ring (bicyclic) bond motifs is 1. The number of hydrogen-bond donors (Lipinski definition) is 2. The Balaban J connectivity index is 1.79. The molecule has 2 N–H and O–H groups in total. The topological polar surface area (TPSA) is 79.0 Å². The summed E-state index contributed by atoms with van der Waals surface area (Å²) in [6, 6.07) is 9.26. The Labute approximate surface area is 143 Å². The second-order valence-electron chi connectivity index (χ2n) is 5.99. The molecule has 3 rings (SSSR count). The van der Waals surface area contributed by atoms with Gasteiger partial charge in [-0.1, -0.05) is 25.1 Å². The lowest BCUT2D eigenvalue weighted by atomic mass is 10.1. The minimum atomic E-state index is -0.377. The fourth-order valence-corrected chi connectivity index (χ4v) is 3.30. The predicted octanol–water partition coefficient (Wildman–Crippen LogP) is 4.39. The third-order valence-corrected chi connectivity index (χ3v) is 4.48. The second kappa shape index (κ2) is 6.97. The van der Waals surface area contributed by atoms with Crippen LogP contribution >= 0.6 is 11.3 Å². The van der Waals surface area contributed by atoms with Gasteiger partial charge in [0.05, 0.1) is 11.3 Å². The first-order valence-corrected chi connectivity index (χ1v) is 8.67. The molecular formula is C18H19N3O2S. The molecule has 1 atom stereocenters. The molecule has 5 nitrogen and oxygen atoms in total. The average molecular weight is 341 g/mol. The van der Waals surface area contributed by atoms with E-state index in [1.54, 1.807) is 6.07 Å². The van der Waals surface area contributed by atoms with E-state index in [2.05, 4.69) is 17.2 Å². The van der Waals surface area contributed by atoms with Crippen LogP contribution in [0.3, 0.4) is 0 Å². The van der Waals surface area contributed by atoms with Crippen LogP contribution in [0.2, 0.25) is 0 Å². The van der Waals surface area contributed by atoms with Crippen LogP contribution in [0.4, 0.5) is 5.13 Å². The first kappa shape index (κ1) is 16.4. The Bertz CT molecular complexity index is 929. The van der Waals surface area contributed by atoms with Crippen molar-refractivity contribution in [3.63, 3.8) is 0 Å². The minimum Gasteiger partial charge on any atom is -0.422 e. The Kier molecular flexibility index (Phi) is 4.76. The van der Waals surface area contributed by atoms with Crippen molar-refractivity contribution >= 4 is 33.1 Å². The van der Waals surface area contributed by atoms with E-state index in [4.69, 9.17) is 9.83 Å². The van der Waals surface area contributed by atoms with E-state index in [1.165, 1.54) is 11.3 Å². The zero-order chi connectivity index (χ0) is 17.1. The maximum Gasteiger partial charge on any atom is 0.345 e. The fourth-order valence-electron chi connectivity index (χ4n) is 2.58. The maximum atomic E-state index is 12.2. The number of para-hydroxylation sites is 1. The van der Waals surface area contributed by atoms with E-state index < -0.39 is 0 Å². The molecule has 6 heteroatoms. The van der Waals surface area contributed by atoms with Gasteiger partial charge in [-0.3, -0.25) is 0 Å². The molecule has 0 bridgehead atoms. The Morgan fingerprint density at radius 2 is 2.21 bits per heavy atom. The zero-order valence-corrected chi connectivity index (χ0v) is 14.4. The highest BCUT2D eigenvalue weighted by atomic mass is 32.1.